The van der Waals surface area contributed by atoms with E-state index in [9.17, 15) is 9.59 Å². The molecule has 1 aromatic heterocycles. The van der Waals surface area contributed by atoms with Crippen LogP contribution < -0.4 is 0 Å². The van der Waals surface area contributed by atoms with Gasteiger partial charge in [-0.05, 0) is 6.92 Å². The van der Waals surface area contributed by atoms with Crippen LogP contribution in [-0.4, -0.2) is 29.1 Å². The van der Waals surface area contributed by atoms with Crippen LogP contribution in [0.3, 0.4) is 0 Å². The van der Waals surface area contributed by atoms with Gasteiger partial charge in [0.2, 0.25) is 0 Å². The Kier molecular flexibility index (Phi) is 4.42. The zero-order valence-corrected chi connectivity index (χ0v) is 9.91. The van der Waals surface area contributed by atoms with Crippen LogP contribution in [0.25, 0.3) is 0 Å². The molecule has 0 aliphatic carbocycles. The highest BCUT2D eigenvalue weighted by atomic mass is 32.1. The third-order valence-corrected chi connectivity index (χ3v) is 3.18. The SMILES string of the molecule is COC(=O)CC(CC(=O)O)c1cnc(C)s1. The lowest BCUT2D eigenvalue weighted by molar-refractivity contribution is -0.141. The number of aromatic nitrogens is 1. The molecule has 88 valence electrons. The van der Waals surface area contributed by atoms with Crippen LogP contribution in [0.5, 0.6) is 0 Å². The lowest BCUT2D eigenvalue weighted by Gasteiger charge is -2.10. The van der Waals surface area contributed by atoms with Gasteiger partial charge in [-0.3, -0.25) is 9.59 Å². The van der Waals surface area contributed by atoms with E-state index in [1.807, 2.05) is 6.92 Å². The molecule has 1 heterocycles. The van der Waals surface area contributed by atoms with Gasteiger partial charge in [0.25, 0.3) is 0 Å². The predicted molar refractivity (Wildman–Crippen MR) is 58.5 cm³/mol. The third kappa shape index (κ3) is 3.62. The Morgan fingerprint density at radius 3 is 2.69 bits per heavy atom. The Bertz CT molecular complexity index is 388. The summed E-state index contributed by atoms with van der Waals surface area (Å²) in [6.45, 7) is 1.84. The minimum absolute atomic E-state index is 0.0738. The molecule has 0 bridgehead atoms. The van der Waals surface area contributed by atoms with Gasteiger partial charge in [-0.2, -0.15) is 0 Å². The molecule has 0 radical (unpaired) electrons. The summed E-state index contributed by atoms with van der Waals surface area (Å²) in [4.78, 5) is 26.7. The van der Waals surface area contributed by atoms with Crippen molar-refractivity contribution in [3.05, 3.63) is 16.1 Å². The van der Waals surface area contributed by atoms with Gasteiger partial charge in [0, 0.05) is 17.0 Å². The first-order valence-corrected chi connectivity index (χ1v) is 5.55. The number of carboxylic acids is 1. The lowest BCUT2D eigenvalue weighted by Crippen LogP contribution is -2.11. The molecule has 6 heteroatoms. The molecule has 1 rings (SSSR count). The highest BCUT2D eigenvalue weighted by Crippen LogP contribution is 2.28. The van der Waals surface area contributed by atoms with Crippen LogP contribution in [0.2, 0.25) is 0 Å². The maximum absolute atomic E-state index is 11.2. The van der Waals surface area contributed by atoms with Gasteiger partial charge in [0.05, 0.1) is 25.0 Å². The first-order chi connectivity index (χ1) is 7.52. The zero-order valence-electron chi connectivity index (χ0n) is 9.10. The van der Waals surface area contributed by atoms with E-state index in [4.69, 9.17) is 5.11 Å². The number of methoxy groups -OCH3 is 1. The first-order valence-electron chi connectivity index (χ1n) is 4.74. The van der Waals surface area contributed by atoms with E-state index in [1.165, 1.54) is 18.4 Å². The number of carbonyl (C=O) groups is 2. The van der Waals surface area contributed by atoms with E-state index in [0.717, 1.165) is 9.88 Å². The van der Waals surface area contributed by atoms with Crippen LogP contribution in [-0.2, 0) is 14.3 Å². The normalized spacial score (nSPS) is 12.1. The molecule has 0 aromatic carbocycles. The Balaban J connectivity index is 2.78. The smallest absolute Gasteiger partial charge is 0.306 e. The molecule has 0 fully saturated rings. The molecular weight excluding hydrogens is 230 g/mol. The Morgan fingerprint density at radius 2 is 2.25 bits per heavy atom. The molecule has 0 amide bonds. The highest BCUT2D eigenvalue weighted by Gasteiger charge is 2.21. The summed E-state index contributed by atoms with van der Waals surface area (Å²) in [7, 11) is 1.29. The zero-order chi connectivity index (χ0) is 12.1. The van der Waals surface area contributed by atoms with Crippen molar-refractivity contribution in [3.63, 3.8) is 0 Å². The van der Waals surface area contributed by atoms with E-state index in [-0.39, 0.29) is 18.8 Å². The van der Waals surface area contributed by atoms with Crippen molar-refractivity contribution < 1.29 is 19.4 Å². The second kappa shape index (κ2) is 5.60. The fourth-order valence-corrected chi connectivity index (χ4v) is 2.22. The maximum Gasteiger partial charge on any atom is 0.306 e. The van der Waals surface area contributed by atoms with Gasteiger partial charge in [0.15, 0.2) is 0 Å². The quantitative estimate of drug-likeness (QED) is 0.794. The van der Waals surface area contributed by atoms with Gasteiger partial charge < -0.3 is 9.84 Å². The molecule has 1 atom stereocenters. The van der Waals surface area contributed by atoms with Crippen molar-refractivity contribution in [3.8, 4) is 0 Å². The monoisotopic (exact) mass is 243 g/mol. The molecule has 5 nitrogen and oxygen atoms in total. The molecule has 0 aliphatic heterocycles. The van der Waals surface area contributed by atoms with Crippen molar-refractivity contribution in [2.45, 2.75) is 25.7 Å². The maximum atomic E-state index is 11.2. The van der Waals surface area contributed by atoms with E-state index in [1.54, 1.807) is 6.20 Å². The number of hydrogen-bond donors (Lipinski definition) is 1. The molecule has 0 saturated carbocycles. The average Bonchev–Trinajstić information content (AvgIpc) is 2.63. The molecule has 0 aliphatic rings. The molecule has 16 heavy (non-hydrogen) atoms. The predicted octanol–water partition coefficient (Wildman–Crippen LogP) is 1.57. The van der Waals surface area contributed by atoms with Crippen LogP contribution in [0, 0.1) is 6.92 Å². The number of thiazole rings is 1. The Labute approximate surface area is 97.1 Å². The van der Waals surface area contributed by atoms with E-state index in [0.29, 0.717) is 0 Å². The number of esters is 1. The molecular formula is C10H13NO4S. The van der Waals surface area contributed by atoms with Crippen LogP contribution >= 0.6 is 11.3 Å². The largest absolute Gasteiger partial charge is 0.481 e. The number of carboxylic acid groups (broad SMARTS) is 1. The molecule has 1 N–H and O–H groups in total. The minimum atomic E-state index is -0.931. The van der Waals surface area contributed by atoms with Gasteiger partial charge in [-0.1, -0.05) is 0 Å². The topological polar surface area (TPSA) is 76.5 Å². The molecule has 1 unspecified atom stereocenters. The second-order valence-electron chi connectivity index (χ2n) is 3.36. The number of nitrogens with zero attached hydrogens (tertiary/aromatic N) is 1. The number of hydrogen-bond acceptors (Lipinski definition) is 5. The summed E-state index contributed by atoms with van der Waals surface area (Å²) in [6, 6.07) is 0. The molecule has 0 spiro atoms. The van der Waals surface area contributed by atoms with Gasteiger partial charge in [0.1, 0.15) is 0 Å². The van der Waals surface area contributed by atoms with Crippen LogP contribution in [0.15, 0.2) is 6.20 Å². The summed E-state index contributed by atoms with van der Waals surface area (Å²) in [5, 5.41) is 9.63. The van der Waals surface area contributed by atoms with Gasteiger partial charge in [-0.15, -0.1) is 11.3 Å². The number of aliphatic carboxylic acids is 1. The number of aryl methyl sites for hydroxylation is 1. The van der Waals surface area contributed by atoms with E-state index in [2.05, 4.69) is 9.72 Å². The Hall–Kier alpha value is -1.43. The summed E-state index contributed by atoms with van der Waals surface area (Å²) in [5.74, 6) is -1.69. The summed E-state index contributed by atoms with van der Waals surface area (Å²) < 4.78 is 4.54. The fraction of sp³-hybridized carbons (Fsp3) is 0.500. The standard InChI is InChI=1S/C10H13NO4S/c1-6-11-5-8(16-6)7(3-9(12)13)4-10(14)15-2/h5,7H,3-4H2,1-2H3,(H,12,13). The van der Waals surface area contributed by atoms with Crippen molar-refractivity contribution in [1.82, 2.24) is 4.98 Å². The number of carbonyl (C=O) groups excluding carboxylic acids is 1. The van der Waals surface area contributed by atoms with Crippen molar-refractivity contribution in [2.24, 2.45) is 0 Å². The summed E-state index contributed by atoms with van der Waals surface area (Å²) >= 11 is 1.41. The lowest BCUT2D eigenvalue weighted by atomic mass is 10.0. The molecule has 1 aromatic rings. The number of ether oxygens (including phenoxy) is 1. The van der Waals surface area contributed by atoms with Crippen LogP contribution in [0.1, 0.15) is 28.6 Å². The average molecular weight is 243 g/mol. The van der Waals surface area contributed by atoms with E-state index < -0.39 is 11.9 Å². The highest BCUT2D eigenvalue weighted by molar-refractivity contribution is 7.11. The van der Waals surface area contributed by atoms with Gasteiger partial charge in [-0.25, -0.2) is 4.98 Å². The first kappa shape index (κ1) is 12.6. The van der Waals surface area contributed by atoms with Crippen molar-refractivity contribution in [2.75, 3.05) is 7.11 Å². The second-order valence-corrected chi connectivity index (χ2v) is 4.62. The number of rotatable bonds is 5. The summed E-state index contributed by atoms with van der Waals surface area (Å²) in [6.07, 6.45) is 1.61. The van der Waals surface area contributed by atoms with E-state index >= 15 is 0 Å². The molecule has 0 saturated heterocycles. The summed E-state index contributed by atoms with van der Waals surface area (Å²) in [5.41, 5.74) is 0. The van der Waals surface area contributed by atoms with Gasteiger partial charge >= 0.3 is 11.9 Å². The van der Waals surface area contributed by atoms with Crippen molar-refractivity contribution >= 4 is 23.3 Å². The third-order valence-electron chi connectivity index (χ3n) is 2.10. The Morgan fingerprint density at radius 1 is 1.56 bits per heavy atom. The van der Waals surface area contributed by atoms with Crippen molar-refractivity contribution in [1.29, 1.82) is 0 Å². The van der Waals surface area contributed by atoms with Crippen LogP contribution in [0.4, 0.5) is 0 Å². The minimum Gasteiger partial charge on any atom is -0.481 e. The fourth-order valence-electron chi connectivity index (χ4n) is 1.34.